The lowest BCUT2D eigenvalue weighted by Gasteiger charge is -2.12. The first-order valence-corrected chi connectivity index (χ1v) is 6.56. The molecule has 0 aromatic heterocycles. The fourth-order valence-corrected chi connectivity index (χ4v) is 1.88. The molecule has 98 valence electrons. The number of hydrogen-bond acceptors (Lipinski definition) is 4. The van der Waals surface area contributed by atoms with Crippen molar-refractivity contribution in [3.8, 4) is 23.6 Å². The minimum Gasteiger partial charge on any atom is -0.490 e. The Morgan fingerprint density at radius 3 is 2.16 bits per heavy atom. The van der Waals surface area contributed by atoms with Gasteiger partial charge in [0, 0.05) is 4.47 Å². The monoisotopic (exact) mass is 320 g/mol. The molecule has 19 heavy (non-hydrogen) atoms. The van der Waals surface area contributed by atoms with Gasteiger partial charge in [-0.25, -0.2) is 0 Å². The van der Waals surface area contributed by atoms with Gasteiger partial charge in [0.2, 0.25) is 0 Å². The Labute approximate surface area is 121 Å². The van der Waals surface area contributed by atoms with Crippen LogP contribution in [0.15, 0.2) is 22.2 Å². The fourth-order valence-electron chi connectivity index (χ4n) is 1.44. The molecule has 5 heteroatoms. The number of allylic oxidation sites excluding steroid dienone is 1. The smallest absolute Gasteiger partial charge is 0.162 e. The molecular formula is C14H13BrN2O2. The first-order valence-electron chi connectivity index (χ1n) is 5.77. The number of hydrogen-bond donors (Lipinski definition) is 0. The Kier molecular flexibility index (Phi) is 5.92. The summed E-state index contributed by atoms with van der Waals surface area (Å²) < 4.78 is 11.7. The van der Waals surface area contributed by atoms with E-state index in [0.717, 1.165) is 4.47 Å². The van der Waals surface area contributed by atoms with Crippen LogP contribution in [0.2, 0.25) is 0 Å². The normalized spacial score (nSPS) is 9.11. The summed E-state index contributed by atoms with van der Waals surface area (Å²) in [5.74, 6) is 1.22. The summed E-state index contributed by atoms with van der Waals surface area (Å²) in [4.78, 5) is 0. The van der Waals surface area contributed by atoms with Crippen molar-refractivity contribution in [2.45, 2.75) is 13.8 Å². The highest BCUT2D eigenvalue weighted by atomic mass is 79.9. The number of halogens is 1. The number of benzene rings is 1. The summed E-state index contributed by atoms with van der Waals surface area (Å²) in [5.41, 5.74) is 0.734. The van der Waals surface area contributed by atoms with Crippen LogP contribution in [0.3, 0.4) is 0 Å². The van der Waals surface area contributed by atoms with Crippen molar-refractivity contribution in [3.05, 3.63) is 27.7 Å². The van der Waals surface area contributed by atoms with Gasteiger partial charge in [0.15, 0.2) is 11.5 Å². The summed E-state index contributed by atoms with van der Waals surface area (Å²) in [6.07, 6.45) is 1.50. The quantitative estimate of drug-likeness (QED) is 0.776. The van der Waals surface area contributed by atoms with E-state index in [9.17, 15) is 0 Å². The molecule has 0 atom stereocenters. The molecule has 0 heterocycles. The molecule has 0 aliphatic rings. The Bertz CT molecular complexity index is 552. The van der Waals surface area contributed by atoms with Gasteiger partial charge in [0.05, 0.1) is 13.2 Å². The fraction of sp³-hybridized carbons (Fsp3) is 0.286. The first-order chi connectivity index (χ1) is 9.15. The third-order valence-corrected chi connectivity index (χ3v) is 2.89. The van der Waals surface area contributed by atoms with Crippen LogP contribution in [0, 0.1) is 22.7 Å². The van der Waals surface area contributed by atoms with Gasteiger partial charge in [-0.05, 0) is 37.6 Å². The lowest BCUT2D eigenvalue weighted by Crippen LogP contribution is -1.99. The van der Waals surface area contributed by atoms with Gasteiger partial charge in [-0.15, -0.1) is 0 Å². The molecule has 0 aliphatic carbocycles. The van der Waals surface area contributed by atoms with E-state index in [4.69, 9.17) is 20.0 Å². The van der Waals surface area contributed by atoms with Gasteiger partial charge in [-0.2, -0.15) is 10.5 Å². The van der Waals surface area contributed by atoms with Crippen LogP contribution < -0.4 is 9.47 Å². The van der Waals surface area contributed by atoms with Crippen LogP contribution in [-0.4, -0.2) is 13.2 Å². The van der Waals surface area contributed by atoms with Crippen molar-refractivity contribution >= 4 is 22.0 Å². The first kappa shape index (κ1) is 15.1. The molecule has 0 saturated carbocycles. The number of nitriles is 2. The molecule has 1 aromatic carbocycles. The summed E-state index contributed by atoms with van der Waals surface area (Å²) in [6, 6.07) is 7.17. The van der Waals surface area contributed by atoms with Crippen molar-refractivity contribution in [1.82, 2.24) is 0 Å². The van der Waals surface area contributed by atoms with Crippen molar-refractivity contribution < 1.29 is 9.47 Å². The van der Waals surface area contributed by atoms with Gasteiger partial charge in [0.1, 0.15) is 17.7 Å². The second-order valence-electron chi connectivity index (χ2n) is 3.47. The molecule has 0 bridgehead atoms. The molecule has 0 radical (unpaired) electrons. The van der Waals surface area contributed by atoms with Crippen LogP contribution in [0.4, 0.5) is 0 Å². The largest absolute Gasteiger partial charge is 0.490 e. The zero-order valence-corrected chi connectivity index (χ0v) is 12.3. The third kappa shape index (κ3) is 4.01. The number of rotatable bonds is 5. The standard InChI is InChI=1S/C14H13BrN2O2/c1-3-18-13-6-11(5-10(8-16)9-17)12(15)7-14(13)19-4-2/h5-7H,3-4H2,1-2H3. The molecule has 1 aromatic rings. The van der Waals surface area contributed by atoms with E-state index in [1.54, 1.807) is 12.1 Å². The van der Waals surface area contributed by atoms with E-state index in [1.165, 1.54) is 6.08 Å². The highest BCUT2D eigenvalue weighted by Crippen LogP contribution is 2.34. The lowest BCUT2D eigenvalue weighted by molar-refractivity contribution is 0.287. The Morgan fingerprint density at radius 1 is 1.16 bits per heavy atom. The summed E-state index contributed by atoms with van der Waals surface area (Å²) >= 11 is 3.39. The predicted molar refractivity (Wildman–Crippen MR) is 75.7 cm³/mol. The second-order valence-corrected chi connectivity index (χ2v) is 4.32. The predicted octanol–water partition coefficient (Wildman–Crippen LogP) is 3.68. The molecule has 1 rings (SSSR count). The van der Waals surface area contributed by atoms with Crippen molar-refractivity contribution in [2.75, 3.05) is 13.2 Å². The minimum atomic E-state index is 0.0345. The summed E-state index contributed by atoms with van der Waals surface area (Å²) in [7, 11) is 0. The van der Waals surface area contributed by atoms with Crippen LogP contribution in [0.5, 0.6) is 11.5 Å². The molecule has 0 unspecified atom stereocenters. The SMILES string of the molecule is CCOc1cc(Br)c(C=C(C#N)C#N)cc1OCC. The van der Waals surface area contributed by atoms with E-state index < -0.39 is 0 Å². The molecule has 0 saturated heterocycles. The van der Waals surface area contributed by atoms with Crippen LogP contribution in [0.1, 0.15) is 19.4 Å². The van der Waals surface area contributed by atoms with E-state index in [2.05, 4.69) is 15.9 Å². The zero-order valence-electron chi connectivity index (χ0n) is 10.7. The van der Waals surface area contributed by atoms with E-state index in [-0.39, 0.29) is 5.57 Å². The average molecular weight is 321 g/mol. The third-order valence-electron chi connectivity index (χ3n) is 2.20. The highest BCUT2D eigenvalue weighted by Gasteiger charge is 2.10. The second kappa shape index (κ2) is 7.45. The van der Waals surface area contributed by atoms with Gasteiger partial charge < -0.3 is 9.47 Å². The van der Waals surface area contributed by atoms with Crippen molar-refractivity contribution in [1.29, 1.82) is 10.5 Å². The molecule has 0 aliphatic heterocycles. The maximum Gasteiger partial charge on any atom is 0.162 e. The Morgan fingerprint density at radius 2 is 1.68 bits per heavy atom. The lowest BCUT2D eigenvalue weighted by atomic mass is 10.1. The van der Waals surface area contributed by atoms with Crippen molar-refractivity contribution in [2.24, 2.45) is 0 Å². The summed E-state index contributed by atoms with van der Waals surface area (Å²) in [6.45, 7) is 4.81. The van der Waals surface area contributed by atoms with E-state index in [0.29, 0.717) is 30.3 Å². The number of ether oxygens (including phenoxy) is 2. The van der Waals surface area contributed by atoms with Gasteiger partial charge in [-0.3, -0.25) is 0 Å². The van der Waals surface area contributed by atoms with Crippen LogP contribution in [0.25, 0.3) is 6.08 Å². The topological polar surface area (TPSA) is 66.0 Å². The van der Waals surface area contributed by atoms with E-state index in [1.807, 2.05) is 26.0 Å². The van der Waals surface area contributed by atoms with Gasteiger partial charge >= 0.3 is 0 Å². The van der Waals surface area contributed by atoms with E-state index >= 15 is 0 Å². The highest BCUT2D eigenvalue weighted by molar-refractivity contribution is 9.10. The molecule has 0 fully saturated rings. The van der Waals surface area contributed by atoms with Crippen LogP contribution in [-0.2, 0) is 0 Å². The Balaban J connectivity index is 3.29. The molecule has 0 amide bonds. The molecule has 4 nitrogen and oxygen atoms in total. The van der Waals surface area contributed by atoms with Gasteiger partial charge in [-0.1, -0.05) is 15.9 Å². The molecular weight excluding hydrogens is 308 g/mol. The number of nitrogens with zero attached hydrogens (tertiary/aromatic N) is 2. The summed E-state index contributed by atoms with van der Waals surface area (Å²) in [5, 5.41) is 17.6. The van der Waals surface area contributed by atoms with Gasteiger partial charge in [0.25, 0.3) is 0 Å². The zero-order chi connectivity index (χ0) is 14.3. The van der Waals surface area contributed by atoms with Crippen molar-refractivity contribution in [3.63, 3.8) is 0 Å². The molecule has 0 N–H and O–H groups in total. The molecule has 0 spiro atoms. The Hall–Kier alpha value is -1.98. The average Bonchev–Trinajstić information content (AvgIpc) is 2.40. The maximum absolute atomic E-state index is 8.78. The van der Waals surface area contributed by atoms with Crippen LogP contribution >= 0.6 is 15.9 Å². The minimum absolute atomic E-state index is 0.0345. The maximum atomic E-state index is 8.78.